The Morgan fingerprint density at radius 3 is 2.57 bits per heavy atom. The molecule has 1 aromatic carbocycles. The summed E-state index contributed by atoms with van der Waals surface area (Å²) in [4.78, 5) is 4.80. The van der Waals surface area contributed by atoms with Gasteiger partial charge in [0.15, 0.2) is 5.96 Å². The summed E-state index contributed by atoms with van der Waals surface area (Å²) < 4.78 is 19.4. The van der Waals surface area contributed by atoms with Gasteiger partial charge >= 0.3 is 0 Å². The molecule has 2 N–H and O–H groups in total. The van der Waals surface area contributed by atoms with Crippen molar-refractivity contribution < 1.29 is 9.13 Å². The first-order valence-corrected chi connectivity index (χ1v) is 10.9. The van der Waals surface area contributed by atoms with E-state index in [0.717, 1.165) is 56.4 Å². The van der Waals surface area contributed by atoms with Crippen LogP contribution < -0.4 is 10.6 Å². The van der Waals surface area contributed by atoms with Gasteiger partial charge in [-0.3, -0.25) is 4.99 Å². The summed E-state index contributed by atoms with van der Waals surface area (Å²) >= 11 is 2.01. The minimum absolute atomic E-state index is 0. The van der Waals surface area contributed by atoms with E-state index >= 15 is 0 Å². The first-order chi connectivity index (χ1) is 12.9. The van der Waals surface area contributed by atoms with Crippen molar-refractivity contribution in [1.82, 2.24) is 10.6 Å². The van der Waals surface area contributed by atoms with Crippen molar-refractivity contribution in [3.8, 4) is 0 Å². The highest BCUT2D eigenvalue weighted by atomic mass is 127. The number of hydrogen-bond donors (Lipinski definition) is 2. The summed E-state index contributed by atoms with van der Waals surface area (Å²) in [6.07, 6.45) is 2.12. The first-order valence-electron chi connectivity index (χ1n) is 9.91. The molecule has 28 heavy (non-hydrogen) atoms. The Hall–Kier alpha value is -0.540. The second-order valence-electron chi connectivity index (χ2n) is 7.67. The van der Waals surface area contributed by atoms with Crippen LogP contribution in [-0.4, -0.2) is 49.3 Å². The van der Waals surface area contributed by atoms with E-state index in [9.17, 15) is 4.39 Å². The minimum atomic E-state index is -0.237. The third-order valence-corrected chi connectivity index (χ3v) is 6.47. The van der Waals surface area contributed by atoms with Crippen LogP contribution in [0.3, 0.4) is 0 Å². The quantitative estimate of drug-likeness (QED) is 0.298. The van der Waals surface area contributed by atoms with Gasteiger partial charge < -0.3 is 15.4 Å². The summed E-state index contributed by atoms with van der Waals surface area (Å²) in [5, 5.41) is 6.88. The third kappa shape index (κ3) is 7.71. The molecule has 7 heteroatoms. The van der Waals surface area contributed by atoms with Crippen LogP contribution in [0.15, 0.2) is 29.3 Å². The molecule has 0 amide bonds. The molecule has 0 atom stereocenters. The van der Waals surface area contributed by atoms with E-state index in [2.05, 4.69) is 38.3 Å². The molecule has 1 aliphatic rings. The van der Waals surface area contributed by atoms with Crippen LogP contribution in [0.1, 0.15) is 46.1 Å². The van der Waals surface area contributed by atoms with Gasteiger partial charge in [0.25, 0.3) is 0 Å². The minimum Gasteiger partial charge on any atom is -0.381 e. The summed E-state index contributed by atoms with van der Waals surface area (Å²) in [6.45, 7) is 12.4. The fourth-order valence-electron chi connectivity index (χ4n) is 3.29. The molecule has 0 aromatic heterocycles. The molecule has 1 aromatic rings. The van der Waals surface area contributed by atoms with Gasteiger partial charge in [-0.2, -0.15) is 11.8 Å². The summed E-state index contributed by atoms with van der Waals surface area (Å²) in [6, 6.07) is 6.81. The number of hydrogen-bond acceptors (Lipinski definition) is 3. The monoisotopic (exact) mass is 523 g/mol. The zero-order valence-electron chi connectivity index (χ0n) is 17.5. The Morgan fingerprint density at radius 1 is 1.25 bits per heavy atom. The van der Waals surface area contributed by atoms with Crippen molar-refractivity contribution in [1.29, 1.82) is 0 Å². The molecular weight excluding hydrogens is 488 g/mol. The van der Waals surface area contributed by atoms with Crippen LogP contribution in [-0.2, 0) is 10.2 Å². The number of halogens is 2. The molecule has 0 unspecified atom stereocenters. The molecule has 0 radical (unpaired) electrons. The molecule has 0 bridgehead atoms. The van der Waals surface area contributed by atoms with E-state index in [4.69, 9.17) is 9.73 Å². The van der Waals surface area contributed by atoms with E-state index in [0.29, 0.717) is 6.54 Å². The second kappa shape index (κ2) is 12.2. The van der Waals surface area contributed by atoms with Gasteiger partial charge in [-0.05, 0) is 43.2 Å². The fourth-order valence-corrected chi connectivity index (χ4v) is 4.53. The van der Waals surface area contributed by atoms with Crippen molar-refractivity contribution >= 4 is 41.7 Å². The molecule has 1 fully saturated rings. The lowest BCUT2D eigenvalue weighted by Crippen LogP contribution is -2.48. The number of aliphatic imine (C=N–C) groups is 1. The average molecular weight is 524 g/mol. The smallest absolute Gasteiger partial charge is 0.191 e. The van der Waals surface area contributed by atoms with E-state index in [1.54, 1.807) is 12.1 Å². The van der Waals surface area contributed by atoms with Crippen LogP contribution >= 0.6 is 35.7 Å². The summed E-state index contributed by atoms with van der Waals surface area (Å²) in [7, 11) is 0. The van der Waals surface area contributed by atoms with Gasteiger partial charge in [-0.25, -0.2) is 4.39 Å². The molecule has 1 heterocycles. The molecule has 0 aliphatic carbocycles. The molecular formula is C21H35FIN3OS. The molecule has 0 saturated carbocycles. The van der Waals surface area contributed by atoms with Crippen LogP contribution in [0.5, 0.6) is 0 Å². The topological polar surface area (TPSA) is 45.7 Å². The van der Waals surface area contributed by atoms with Gasteiger partial charge in [0.05, 0.1) is 6.54 Å². The highest BCUT2D eigenvalue weighted by molar-refractivity contribution is 14.0. The Morgan fingerprint density at radius 2 is 1.96 bits per heavy atom. The Balaban J connectivity index is 0.00000392. The highest BCUT2D eigenvalue weighted by Gasteiger charge is 2.32. The normalized spacial score (nSPS) is 17.0. The SMILES string of the molecule is CCNC(=NCC(C)(C)c1cccc(F)c1)NCC1(SCC)CCOCC1.I. The lowest BCUT2D eigenvalue weighted by Gasteiger charge is -2.37. The van der Waals surface area contributed by atoms with E-state index in [-0.39, 0.29) is 40.0 Å². The number of benzene rings is 1. The van der Waals surface area contributed by atoms with Crippen molar-refractivity contribution in [2.45, 2.75) is 50.7 Å². The van der Waals surface area contributed by atoms with Gasteiger partial charge in [-0.15, -0.1) is 24.0 Å². The molecule has 2 rings (SSSR count). The van der Waals surface area contributed by atoms with Crippen LogP contribution in [0, 0.1) is 5.82 Å². The van der Waals surface area contributed by atoms with Crippen LogP contribution in [0.25, 0.3) is 0 Å². The standard InChI is InChI=1S/C21H34FN3OS.HI/c1-5-23-19(25-16-21(27-6-2)10-12-26-13-11-21)24-15-20(3,4)17-8-7-9-18(22)14-17;/h7-9,14H,5-6,10-13,15-16H2,1-4H3,(H2,23,24,25);1H. The van der Waals surface area contributed by atoms with Crippen molar-refractivity contribution in [2.75, 3.05) is 38.6 Å². The molecule has 1 aliphatic heterocycles. The average Bonchev–Trinajstić information content (AvgIpc) is 2.65. The zero-order chi connectivity index (χ0) is 19.8. The second-order valence-corrected chi connectivity index (χ2v) is 9.40. The predicted molar refractivity (Wildman–Crippen MR) is 130 cm³/mol. The predicted octanol–water partition coefficient (Wildman–Crippen LogP) is 4.58. The number of nitrogens with zero attached hydrogens (tertiary/aromatic N) is 1. The maximum Gasteiger partial charge on any atom is 0.191 e. The molecule has 0 spiro atoms. The van der Waals surface area contributed by atoms with E-state index < -0.39 is 0 Å². The number of thioether (sulfide) groups is 1. The summed E-state index contributed by atoms with van der Waals surface area (Å²) in [5.74, 6) is 1.72. The maximum absolute atomic E-state index is 13.6. The largest absolute Gasteiger partial charge is 0.381 e. The van der Waals surface area contributed by atoms with Crippen LogP contribution in [0.4, 0.5) is 4.39 Å². The number of ether oxygens (including phenoxy) is 1. The van der Waals surface area contributed by atoms with Crippen molar-refractivity contribution in [3.05, 3.63) is 35.6 Å². The van der Waals surface area contributed by atoms with Crippen LogP contribution in [0.2, 0.25) is 0 Å². The molecule has 160 valence electrons. The van der Waals surface area contributed by atoms with Crippen molar-refractivity contribution in [2.24, 2.45) is 4.99 Å². The Labute approximate surface area is 190 Å². The zero-order valence-corrected chi connectivity index (χ0v) is 20.7. The summed E-state index contributed by atoms with van der Waals surface area (Å²) in [5.41, 5.74) is 0.725. The van der Waals surface area contributed by atoms with Gasteiger partial charge in [0.2, 0.25) is 0 Å². The van der Waals surface area contributed by atoms with Gasteiger partial charge in [0, 0.05) is 36.5 Å². The van der Waals surface area contributed by atoms with Crippen molar-refractivity contribution in [3.63, 3.8) is 0 Å². The first kappa shape index (κ1) is 25.5. The number of nitrogens with one attached hydrogen (secondary N) is 2. The molecule has 4 nitrogen and oxygen atoms in total. The van der Waals surface area contributed by atoms with Gasteiger partial charge in [-0.1, -0.05) is 32.9 Å². The Bertz CT molecular complexity index is 616. The fraction of sp³-hybridized carbons (Fsp3) is 0.667. The number of rotatable bonds is 8. The highest BCUT2D eigenvalue weighted by Crippen LogP contribution is 2.34. The number of guanidine groups is 1. The lowest BCUT2D eigenvalue weighted by atomic mass is 9.85. The van der Waals surface area contributed by atoms with Gasteiger partial charge in [0.1, 0.15) is 5.82 Å². The third-order valence-electron chi connectivity index (χ3n) is 5.02. The lowest BCUT2D eigenvalue weighted by molar-refractivity contribution is 0.0782. The maximum atomic E-state index is 13.6. The molecule has 1 saturated heterocycles. The Kier molecular flexibility index (Phi) is 11.1. The van der Waals surface area contributed by atoms with E-state index in [1.165, 1.54) is 6.07 Å². The van der Waals surface area contributed by atoms with E-state index in [1.807, 2.05) is 17.8 Å².